The molecule has 1 saturated heterocycles. The molecule has 0 saturated carbocycles. The van der Waals surface area contributed by atoms with E-state index in [4.69, 9.17) is 4.74 Å². The summed E-state index contributed by atoms with van der Waals surface area (Å²) in [5.41, 5.74) is 0.848. The van der Waals surface area contributed by atoms with E-state index in [0.717, 1.165) is 5.56 Å². The van der Waals surface area contributed by atoms with Gasteiger partial charge in [0.15, 0.2) is 0 Å². The first-order valence-corrected chi connectivity index (χ1v) is 5.87. The molecule has 1 fully saturated rings. The number of nitrogens with zero attached hydrogens (tertiary/aromatic N) is 1. The first-order valence-electron chi connectivity index (χ1n) is 5.87. The molecule has 2 atom stereocenters. The lowest BCUT2D eigenvalue weighted by molar-refractivity contribution is -0.165. The Labute approximate surface area is 105 Å². The Hall–Kier alpha value is -1.88. The number of hydrogen-bond acceptors (Lipinski definition) is 4. The third-order valence-electron chi connectivity index (χ3n) is 3.06. The average Bonchev–Trinajstić information content (AvgIpc) is 2.67. The SMILES string of the molecule is CCOC(=O)[C@H]1C(=O)N(O)C[C@H]1c1ccccc1. The lowest BCUT2D eigenvalue weighted by Crippen LogP contribution is -2.30. The Morgan fingerprint density at radius 2 is 2.11 bits per heavy atom. The highest BCUT2D eigenvalue weighted by Gasteiger charge is 2.46. The van der Waals surface area contributed by atoms with Crippen molar-refractivity contribution in [2.75, 3.05) is 13.2 Å². The van der Waals surface area contributed by atoms with Crippen LogP contribution in [0.1, 0.15) is 18.4 Å². The largest absolute Gasteiger partial charge is 0.465 e. The molecule has 1 aliphatic rings. The van der Waals surface area contributed by atoms with E-state index in [1.807, 2.05) is 30.3 Å². The fourth-order valence-corrected chi connectivity index (χ4v) is 2.21. The zero-order valence-electron chi connectivity index (χ0n) is 10.1. The van der Waals surface area contributed by atoms with Crippen LogP contribution in [0.15, 0.2) is 30.3 Å². The van der Waals surface area contributed by atoms with E-state index in [1.54, 1.807) is 6.92 Å². The Morgan fingerprint density at radius 1 is 1.44 bits per heavy atom. The molecule has 1 amide bonds. The third kappa shape index (κ3) is 2.22. The minimum atomic E-state index is -0.947. The van der Waals surface area contributed by atoms with E-state index in [0.29, 0.717) is 5.06 Å². The van der Waals surface area contributed by atoms with Gasteiger partial charge in [-0.25, -0.2) is 5.06 Å². The van der Waals surface area contributed by atoms with Gasteiger partial charge < -0.3 is 4.74 Å². The Morgan fingerprint density at radius 3 is 2.72 bits per heavy atom. The highest BCUT2D eigenvalue weighted by molar-refractivity contribution is 6.00. The molecule has 1 aliphatic heterocycles. The maximum absolute atomic E-state index is 11.8. The van der Waals surface area contributed by atoms with Crippen molar-refractivity contribution in [3.8, 4) is 0 Å². The molecule has 1 aromatic carbocycles. The lowest BCUT2D eigenvalue weighted by atomic mass is 9.89. The van der Waals surface area contributed by atoms with Crippen molar-refractivity contribution in [1.29, 1.82) is 0 Å². The van der Waals surface area contributed by atoms with Crippen LogP contribution in [-0.4, -0.2) is 35.3 Å². The molecule has 0 bridgehead atoms. The molecule has 2 rings (SSSR count). The molecule has 5 nitrogen and oxygen atoms in total. The zero-order valence-corrected chi connectivity index (χ0v) is 10.1. The fourth-order valence-electron chi connectivity index (χ4n) is 2.21. The van der Waals surface area contributed by atoms with E-state index in [2.05, 4.69) is 0 Å². The van der Waals surface area contributed by atoms with E-state index in [-0.39, 0.29) is 19.1 Å². The maximum Gasteiger partial charge on any atom is 0.319 e. The summed E-state index contributed by atoms with van der Waals surface area (Å²) >= 11 is 0. The smallest absolute Gasteiger partial charge is 0.319 e. The van der Waals surface area contributed by atoms with Gasteiger partial charge in [-0.05, 0) is 12.5 Å². The third-order valence-corrected chi connectivity index (χ3v) is 3.06. The standard InChI is InChI=1S/C13H15NO4/c1-2-18-13(16)11-10(8-14(17)12(11)15)9-6-4-3-5-7-9/h3-7,10-11,17H,2,8H2,1H3/t10-,11+/m0/s1. The minimum Gasteiger partial charge on any atom is -0.465 e. The van der Waals surface area contributed by atoms with Crippen molar-refractivity contribution in [3.63, 3.8) is 0 Å². The number of ether oxygens (including phenoxy) is 1. The highest BCUT2D eigenvalue weighted by atomic mass is 16.5. The van der Waals surface area contributed by atoms with Crippen LogP contribution in [0.5, 0.6) is 0 Å². The van der Waals surface area contributed by atoms with Crippen LogP contribution in [-0.2, 0) is 14.3 Å². The molecule has 0 unspecified atom stereocenters. The summed E-state index contributed by atoms with van der Waals surface area (Å²) in [6.07, 6.45) is 0. The number of esters is 1. The lowest BCUT2D eigenvalue weighted by Gasteiger charge is -2.15. The maximum atomic E-state index is 11.8. The van der Waals surface area contributed by atoms with Gasteiger partial charge in [0.1, 0.15) is 5.92 Å². The predicted molar refractivity (Wildman–Crippen MR) is 62.8 cm³/mol. The Balaban J connectivity index is 2.28. The summed E-state index contributed by atoms with van der Waals surface area (Å²) in [6, 6.07) is 9.20. The second-order valence-corrected chi connectivity index (χ2v) is 4.17. The highest BCUT2D eigenvalue weighted by Crippen LogP contribution is 2.33. The molecular weight excluding hydrogens is 234 g/mol. The van der Waals surface area contributed by atoms with Crippen LogP contribution >= 0.6 is 0 Å². The van der Waals surface area contributed by atoms with Gasteiger partial charge in [-0.2, -0.15) is 0 Å². The summed E-state index contributed by atoms with van der Waals surface area (Å²) in [6.45, 7) is 2.02. The normalized spacial score (nSPS) is 23.2. The quantitative estimate of drug-likeness (QED) is 0.496. The van der Waals surface area contributed by atoms with Crippen molar-refractivity contribution >= 4 is 11.9 Å². The van der Waals surface area contributed by atoms with Crippen LogP contribution in [0.4, 0.5) is 0 Å². The van der Waals surface area contributed by atoms with Crippen molar-refractivity contribution in [2.24, 2.45) is 5.92 Å². The van der Waals surface area contributed by atoms with Crippen molar-refractivity contribution in [2.45, 2.75) is 12.8 Å². The number of rotatable bonds is 3. The summed E-state index contributed by atoms with van der Waals surface area (Å²) in [5, 5.41) is 10.1. The molecular formula is C13H15NO4. The number of hydroxylamine groups is 2. The van der Waals surface area contributed by atoms with Gasteiger partial charge in [-0.1, -0.05) is 30.3 Å². The number of carbonyl (C=O) groups excluding carboxylic acids is 2. The molecule has 96 valence electrons. The Bertz CT molecular complexity index is 446. The van der Waals surface area contributed by atoms with Crippen LogP contribution in [0.2, 0.25) is 0 Å². The van der Waals surface area contributed by atoms with E-state index >= 15 is 0 Å². The van der Waals surface area contributed by atoms with Gasteiger partial charge in [0, 0.05) is 5.92 Å². The van der Waals surface area contributed by atoms with Crippen molar-refractivity contribution < 1.29 is 19.5 Å². The van der Waals surface area contributed by atoms with Gasteiger partial charge in [-0.15, -0.1) is 0 Å². The zero-order chi connectivity index (χ0) is 13.1. The molecule has 0 aliphatic carbocycles. The first kappa shape index (κ1) is 12.6. The number of carbonyl (C=O) groups is 2. The monoisotopic (exact) mass is 249 g/mol. The average molecular weight is 249 g/mol. The molecule has 0 aromatic heterocycles. The molecule has 1 heterocycles. The summed E-state index contributed by atoms with van der Waals surface area (Å²) in [4.78, 5) is 23.6. The Kier molecular flexibility index (Phi) is 3.62. The second kappa shape index (κ2) is 5.18. The molecule has 1 N–H and O–H groups in total. The summed E-state index contributed by atoms with van der Waals surface area (Å²) in [7, 11) is 0. The van der Waals surface area contributed by atoms with Crippen LogP contribution in [0.3, 0.4) is 0 Å². The van der Waals surface area contributed by atoms with Crippen LogP contribution in [0, 0.1) is 5.92 Å². The van der Waals surface area contributed by atoms with Crippen LogP contribution in [0.25, 0.3) is 0 Å². The fraction of sp³-hybridized carbons (Fsp3) is 0.385. The van der Waals surface area contributed by atoms with Gasteiger partial charge in [0.05, 0.1) is 13.2 Å². The molecule has 1 aromatic rings. The number of hydrogen-bond donors (Lipinski definition) is 1. The van der Waals surface area contributed by atoms with E-state index in [9.17, 15) is 14.8 Å². The topological polar surface area (TPSA) is 66.8 Å². The van der Waals surface area contributed by atoms with Crippen molar-refractivity contribution in [3.05, 3.63) is 35.9 Å². The number of amides is 1. The van der Waals surface area contributed by atoms with Crippen LogP contribution < -0.4 is 0 Å². The van der Waals surface area contributed by atoms with Gasteiger partial charge in [0.2, 0.25) is 0 Å². The van der Waals surface area contributed by atoms with Gasteiger partial charge >= 0.3 is 5.97 Å². The van der Waals surface area contributed by atoms with Crippen molar-refractivity contribution in [1.82, 2.24) is 5.06 Å². The first-order chi connectivity index (χ1) is 8.65. The molecule has 0 radical (unpaired) electrons. The molecule has 0 spiro atoms. The number of benzene rings is 1. The second-order valence-electron chi connectivity index (χ2n) is 4.17. The van der Waals surface area contributed by atoms with E-state index < -0.39 is 17.8 Å². The predicted octanol–water partition coefficient (Wildman–Crippen LogP) is 1.18. The van der Waals surface area contributed by atoms with Gasteiger partial charge in [-0.3, -0.25) is 14.8 Å². The molecule has 5 heteroatoms. The van der Waals surface area contributed by atoms with Gasteiger partial charge in [0.25, 0.3) is 5.91 Å². The molecule has 18 heavy (non-hydrogen) atoms. The summed E-state index contributed by atoms with van der Waals surface area (Å²) < 4.78 is 4.90. The van der Waals surface area contributed by atoms with E-state index in [1.165, 1.54) is 0 Å². The summed E-state index contributed by atoms with van der Waals surface area (Å²) in [5.74, 6) is -2.48. The minimum absolute atomic E-state index is 0.117.